The number of nitrogens with one attached hydrogen (secondary N) is 3. The van der Waals surface area contributed by atoms with Crippen molar-refractivity contribution in [3.8, 4) is 0 Å². The molecule has 27 heavy (non-hydrogen) atoms. The SMILES string of the molecule is CCN1CCC(NC2CCC2NC(=O)c2cc(C)n(CC(=O)NC)n2)CC1. The van der Waals surface area contributed by atoms with Gasteiger partial charge in [-0.3, -0.25) is 14.3 Å². The topological polar surface area (TPSA) is 91.3 Å². The molecule has 0 bridgehead atoms. The Morgan fingerprint density at radius 3 is 2.48 bits per heavy atom. The zero-order valence-electron chi connectivity index (χ0n) is 16.6. The fourth-order valence-corrected chi connectivity index (χ4v) is 3.83. The summed E-state index contributed by atoms with van der Waals surface area (Å²) in [6.07, 6.45) is 4.44. The lowest BCUT2D eigenvalue weighted by Gasteiger charge is -2.42. The molecule has 0 aromatic carbocycles. The third-order valence-corrected chi connectivity index (χ3v) is 5.86. The van der Waals surface area contributed by atoms with Crippen LogP contribution < -0.4 is 16.0 Å². The Hall–Kier alpha value is -1.93. The summed E-state index contributed by atoms with van der Waals surface area (Å²) in [5.74, 6) is -0.295. The lowest BCUT2D eigenvalue weighted by Crippen LogP contribution is -2.60. The number of piperidine rings is 1. The predicted octanol–water partition coefficient (Wildman–Crippen LogP) is 0.272. The minimum Gasteiger partial charge on any atom is -0.358 e. The van der Waals surface area contributed by atoms with E-state index in [0.717, 1.165) is 38.2 Å². The molecule has 8 heteroatoms. The van der Waals surface area contributed by atoms with E-state index >= 15 is 0 Å². The maximum atomic E-state index is 12.6. The van der Waals surface area contributed by atoms with Gasteiger partial charge in [-0.25, -0.2) is 0 Å². The molecule has 1 aliphatic heterocycles. The van der Waals surface area contributed by atoms with Crippen molar-refractivity contribution in [2.45, 2.75) is 64.2 Å². The van der Waals surface area contributed by atoms with Gasteiger partial charge in [0.2, 0.25) is 5.91 Å². The van der Waals surface area contributed by atoms with Crippen LogP contribution in [0.15, 0.2) is 6.07 Å². The second kappa shape index (κ2) is 8.84. The van der Waals surface area contributed by atoms with Gasteiger partial charge in [0.25, 0.3) is 5.91 Å². The highest BCUT2D eigenvalue weighted by Gasteiger charge is 2.34. The normalized spacial score (nSPS) is 23.7. The Bertz CT molecular complexity index is 665. The molecule has 8 nitrogen and oxygen atoms in total. The fraction of sp³-hybridized carbons (Fsp3) is 0.737. The highest BCUT2D eigenvalue weighted by Crippen LogP contribution is 2.23. The molecule has 1 aromatic heterocycles. The molecule has 2 atom stereocenters. The quantitative estimate of drug-likeness (QED) is 0.636. The first-order valence-corrected chi connectivity index (χ1v) is 10.0. The molecule has 2 heterocycles. The van der Waals surface area contributed by atoms with Crippen molar-refractivity contribution < 1.29 is 9.59 Å². The Labute approximate surface area is 161 Å². The molecule has 2 fully saturated rings. The summed E-state index contributed by atoms with van der Waals surface area (Å²) in [5, 5.41) is 13.7. The number of amides is 2. The Morgan fingerprint density at radius 2 is 1.89 bits per heavy atom. The summed E-state index contributed by atoms with van der Waals surface area (Å²) < 4.78 is 1.56. The summed E-state index contributed by atoms with van der Waals surface area (Å²) in [5.41, 5.74) is 1.17. The van der Waals surface area contributed by atoms with Crippen LogP contribution in [-0.2, 0) is 11.3 Å². The average molecular weight is 377 g/mol. The maximum absolute atomic E-state index is 12.6. The van der Waals surface area contributed by atoms with Crippen molar-refractivity contribution >= 4 is 11.8 Å². The number of aromatic nitrogens is 2. The molecule has 2 unspecified atom stereocenters. The first kappa shape index (κ1) is 19.8. The third-order valence-electron chi connectivity index (χ3n) is 5.86. The van der Waals surface area contributed by atoms with Crippen LogP contribution in [0, 0.1) is 6.92 Å². The number of aryl methyl sites for hydroxylation is 1. The summed E-state index contributed by atoms with van der Waals surface area (Å²) in [6.45, 7) is 7.62. The molecule has 150 valence electrons. The van der Waals surface area contributed by atoms with E-state index < -0.39 is 0 Å². The molecule has 2 aliphatic rings. The number of likely N-dealkylation sites (tertiary alicyclic amines) is 1. The van der Waals surface area contributed by atoms with E-state index in [1.165, 1.54) is 12.8 Å². The van der Waals surface area contributed by atoms with Crippen molar-refractivity contribution in [1.29, 1.82) is 0 Å². The zero-order chi connectivity index (χ0) is 19.4. The summed E-state index contributed by atoms with van der Waals surface area (Å²) in [6, 6.07) is 2.79. The number of carbonyl (C=O) groups is 2. The number of hydrogen-bond donors (Lipinski definition) is 3. The first-order chi connectivity index (χ1) is 13.0. The van der Waals surface area contributed by atoms with Gasteiger partial charge in [0.15, 0.2) is 0 Å². The standard InChI is InChI=1S/C19H32N6O2/c1-4-24-9-7-14(8-10-24)21-15-5-6-16(15)22-19(27)17-11-13(2)25(23-17)12-18(26)20-3/h11,14-16,21H,4-10,12H2,1-3H3,(H,20,26)(H,22,27). The van der Waals surface area contributed by atoms with Crippen molar-refractivity contribution in [2.75, 3.05) is 26.7 Å². The molecule has 3 N–H and O–H groups in total. The van der Waals surface area contributed by atoms with E-state index in [1.54, 1.807) is 17.8 Å². The van der Waals surface area contributed by atoms with Crippen LogP contribution in [0.3, 0.4) is 0 Å². The van der Waals surface area contributed by atoms with Crippen molar-refractivity contribution in [3.63, 3.8) is 0 Å². The van der Waals surface area contributed by atoms with Crippen LogP contribution in [-0.4, -0.2) is 71.3 Å². The number of rotatable bonds is 7. The molecule has 2 amide bonds. The van der Waals surface area contributed by atoms with E-state index in [4.69, 9.17) is 0 Å². The largest absolute Gasteiger partial charge is 0.358 e. The molecular formula is C19H32N6O2. The van der Waals surface area contributed by atoms with Crippen LogP contribution in [0.25, 0.3) is 0 Å². The smallest absolute Gasteiger partial charge is 0.272 e. The van der Waals surface area contributed by atoms with Gasteiger partial charge < -0.3 is 20.9 Å². The first-order valence-electron chi connectivity index (χ1n) is 10.0. The summed E-state index contributed by atoms with van der Waals surface area (Å²) in [7, 11) is 1.59. The molecular weight excluding hydrogens is 344 g/mol. The van der Waals surface area contributed by atoms with Gasteiger partial charge in [0.05, 0.1) is 0 Å². The minimum absolute atomic E-state index is 0.125. The molecule has 1 saturated heterocycles. The number of hydrogen-bond acceptors (Lipinski definition) is 5. The van der Waals surface area contributed by atoms with E-state index in [2.05, 4.69) is 32.9 Å². The molecule has 1 saturated carbocycles. The van der Waals surface area contributed by atoms with Crippen LogP contribution in [0.2, 0.25) is 0 Å². The minimum atomic E-state index is -0.161. The summed E-state index contributed by atoms with van der Waals surface area (Å²) >= 11 is 0. The number of likely N-dealkylation sites (N-methyl/N-ethyl adjacent to an activating group) is 1. The number of nitrogens with zero attached hydrogens (tertiary/aromatic N) is 3. The van der Waals surface area contributed by atoms with Crippen LogP contribution >= 0.6 is 0 Å². The average Bonchev–Trinajstić information content (AvgIpc) is 3.04. The van der Waals surface area contributed by atoms with Gasteiger partial charge in [-0.2, -0.15) is 5.10 Å². The van der Waals surface area contributed by atoms with Crippen LogP contribution in [0.1, 0.15) is 48.8 Å². The highest BCUT2D eigenvalue weighted by atomic mass is 16.2. The summed E-state index contributed by atoms with van der Waals surface area (Å²) in [4.78, 5) is 26.6. The Kier molecular flexibility index (Phi) is 6.49. The van der Waals surface area contributed by atoms with E-state index in [0.29, 0.717) is 17.8 Å². The van der Waals surface area contributed by atoms with Gasteiger partial charge in [-0.1, -0.05) is 6.92 Å². The van der Waals surface area contributed by atoms with Gasteiger partial charge in [-0.15, -0.1) is 0 Å². The van der Waals surface area contributed by atoms with Gasteiger partial charge in [0.1, 0.15) is 12.2 Å². The predicted molar refractivity (Wildman–Crippen MR) is 104 cm³/mol. The molecule has 1 aromatic rings. The molecule has 0 radical (unpaired) electrons. The van der Waals surface area contributed by atoms with Crippen molar-refractivity contribution in [2.24, 2.45) is 0 Å². The van der Waals surface area contributed by atoms with E-state index in [-0.39, 0.29) is 24.4 Å². The third kappa shape index (κ3) is 4.87. The maximum Gasteiger partial charge on any atom is 0.272 e. The lowest BCUT2D eigenvalue weighted by atomic mass is 9.85. The van der Waals surface area contributed by atoms with Crippen LogP contribution in [0.4, 0.5) is 0 Å². The Morgan fingerprint density at radius 1 is 1.19 bits per heavy atom. The Balaban J connectivity index is 1.49. The van der Waals surface area contributed by atoms with Gasteiger partial charge in [-0.05, 0) is 58.3 Å². The van der Waals surface area contributed by atoms with Crippen molar-refractivity contribution in [1.82, 2.24) is 30.6 Å². The zero-order valence-corrected chi connectivity index (χ0v) is 16.6. The van der Waals surface area contributed by atoms with E-state index in [1.807, 2.05) is 6.92 Å². The molecule has 0 spiro atoms. The monoisotopic (exact) mass is 376 g/mol. The highest BCUT2D eigenvalue weighted by molar-refractivity contribution is 5.92. The van der Waals surface area contributed by atoms with Gasteiger partial charge >= 0.3 is 0 Å². The lowest BCUT2D eigenvalue weighted by molar-refractivity contribution is -0.121. The van der Waals surface area contributed by atoms with Gasteiger partial charge in [0, 0.05) is 30.9 Å². The second-order valence-electron chi connectivity index (χ2n) is 7.64. The van der Waals surface area contributed by atoms with E-state index in [9.17, 15) is 9.59 Å². The molecule has 3 rings (SSSR count). The van der Waals surface area contributed by atoms with Crippen molar-refractivity contribution in [3.05, 3.63) is 17.5 Å². The number of carbonyl (C=O) groups excluding carboxylic acids is 2. The fourth-order valence-electron chi connectivity index (χ4n) is 3.83. The second-order valence-corrected chi connectivity index (χ2v) is 7.64. The molecule has 1 aliphatic carbocycles. The van der Waals surface area contributed by atoms with Crippen LogP contribution in [0.5, 0.6) is 0 Å².